The molecule has 1 saturated heterocycles. The Hall–Kier alpha value is -1.80. The molecule has 0 aromatic rings. The average Bonchev–Trinajstić information content (AvgIpc) is 2.49. The number of fused-ring (bicyclic) bond motifs is 1. The lowest BCUT2D eigenvalue weighted by molar-refractivity contribution is -0.150. The molecule has 0 radical (unpaired) electrons. The van der Waals surface area contributed by atoms with E-state index in [0.29, 0.717) is 5.57 Å². The van der Waals surface area contributed by atoms with Gasteiger partial charge in [-0.2, -0.15) is 13.2 Å². The molecule has 152 valence electrons. The minimum Gasteiger partial charge on any atom is -0.477 e. The summed E-state index contributed by atoms with van der Waals surface area (Å²) in [5, 5.41) is 10.6. The predicted molar refractivity (Wildman–Crippen MR) is 86.3 cm³/mol. The summed E-state index contributed by atoms with van der Waals surface area (Å²) < 4.78 is 64.3. The number of sulfone groups is 1. The van der Waals surface area contributed by atoms with Gasteiger partial charge < -0.3 is 15.2 Å². The van der Waals surface area contributed by atoms with Crippen molar-refractivity contribution in [3.8, 4) is 0 Å². The van der Waals surface area contributed by atoms with Crippen molar-refractivity contribution in [2.24, 2.45) is 0 Å². The van der Waals surface area contributed by atoms with Crippen molar-refractivity contribution in [3.63, 3.8) is 0 Å². The molecule has 0 spiro atoms. The fourth-order valence-corrected chi connectivity index (χ4v) is 5.09. The van der Waals surface area contributed by atoms with Crippen LogP contribution in [-0.4, -0.2) is 84.8 Å². The van der Waals surface area contributed by atoms with Crippen LogP contribution in [0.2, 0.25) is 0 Å². The van der Waals surface area contributed by atoms with Gasteiger partial charge in [-0.15, -0.1) is 11.8 Å². The number of halogens is 3. The highest BCUT2D eigenvalue weighted by atomic mass is 32.2. The van der Waals surface area contributed by atoms with Crippen LogP contribution in [0.15, 0.2) is 11.3 Å². The summed E-state index contributed by atoms with van der Waals surface area (Å²) >= 11 is 1.12. The molecule has 2 aliphatic heterocycles. The number of alkyl halides is 3. The third-order valence-corrected chi connectivity index (χ3v) is 6.43. The van der Waals surface area contributed by atoms with Crippen LogP contribution in [0.1, 0.15) is 0 Å². The normalized spacial score (nSPS) is 23.0. The van der Waals surface area contributed by atoms with Gasteiger partial charge in [0.1, 0.15) is 28.6 Å². The van der Waals surface area contributed by atoms with Crippen molar-refractivity contribution in [2.75, 3.05) is 31.0 Å². The third kappa shape index (κ3) is 4.93. The van der Waals surface area contributed by atoms with Crippen LogP contribution in [0, 0.1) is 0 Å². The summed E-state index contributed by atoms with van der Waals surface area (Å²) in [6.45, 7) is -0.0160. The third-order valence-electron chi connectivity index (χ3n) is 3.62. The van der Waals surface area contributed by atoms with E-state index in [-0.39, 0.29) is 18.1 Å². The van der Waals surface area contributed by atoms with Gasteiger partial charge in [-0.1, -0.05) is 0 Å². The number of carboxylic acids is 1. The lowest BCUT2D eigenvalue weighted by Crippen LogP contribution is -2.71. The number of methoxy groups -OCH3 is 1. The van der Waals surface area contributed by atoms with Crippen molar-refractivity contribution in [1.29, 1.82) is 0 Å². The first kappa shape index (κ1) is 21.5. The van der Waals surface area contributed by atoms with Gasteiger partial charge in [-0.3, -0.25) is 14.5 Å². The van der Waals surface area contributed by atoms with E-state index in [9.17, 15) is 41.1 Å². The van der Waals surface area contributed by atoms with Crippen LogP contribution < -0.4 is 5.32 Å². The van der Waals surface area contributed by atoms with E-state index in [1.807, 2.05) is 0 Å². The Morgan fingerprint density at radius 2 is 2.04 bits per heavy atom. The molecule has 0 aromatic heterocycles. The van der Waals surface area contributed by atoms with Crippen molar-refractivity contribution in [3.05, 3.63) is 11.3 Å². The molecule has 0 bridgehead atoms. The lowest BCUT2D eigenvalue weighted by atomic mass is 10.0. The summed E-state index contributed by atoms with van der Waals surface area (Å²) in [6, 6.07) is -1.22. The molecular weight excluding hydrogens is 417 g/mol. The minimum atomic E-state index is -4.99. The molecule has 2 heterocycles. The Morgan fingerprint density at radius 3 is 2.56 bits per heavy atom. The molecule has 27 heavy (non-hydrogen) atoms. The Balaban J connectivity index is 2.07. The van der Waals surface area contributed by atoms with Gasteiger partial charge in [0.05, 0.1) is 6.61 Å². The van der Waals surface area contributed by atoms with Crippen LogP contribution in [0.4, 0.5) is 13.2 Å². The van der Waals surface area contributed by atoms with Gasteiger partial charge in [-0.05, 0) is 5.57 Å². The maximum atomic E-state index is 12.2. The van der Waals surface area contributed by atoms with Gasteiger partial charge in [0.15, 0.2) is 9.84 Å². The van der Waals surface area contributed by atoms with E-state index in [0.717, 1.165) is 16.7 Å². The van der Waals surface area contributed by atoms with Gasteiger partial charge in [0.25, 0.3) is 5.91 Å². The predicted octanol–water partition coefficient (Wildman–Crippen LogP) is -0.651. The second-order valence-electron chi connectivity index (χ2n) is 5.79. The number of carboxylic acid groups (broad SMARTS) is 1. The highest BCUT2D eigenvalue weighted by molar-refractivity contribution is 8.00. The Kier molecular flexibility index (Phi) is 6.11. The molecule has 2 aliphatic rings. The van der Waals surface area contributed by atoms with Crippen LogP contribution >= 0.6 is 11.8 Å². The number of hydrogen-bond acceptors (Lipinski definition) is 7. The Bertz CT molecular complexity index is 794. The molecule has 1 fully saturated rings. The highest BCUT2D eigenvalue weighted by Gasteiger charge is 2.54. The number of carbonyl (C=O) groups excluding carboxylic acids is 2. The van der Waals surface area contributed by atoms with Crippen LogP contribution in [0.25, 0.3) is 0 Å². The van der Waals surface area contributed by atoms with Crippen molar-refractivity contribution >= 4 is 39.4 Å². The maximum absolute atomic E-state index is 12.2. The summed E-state index contributed by atoms with van der Waals surface area (Å²) in [7, 11) is -3.39. The standard InChI is InChI=1S/C13H15F3N2O7S2/c1-25-2-6-3-26-11-8(10(20)18(11)9(6)12(21)22)17-7(19)4-27(23,24)5-13(14,15)16/h8,11H,2-5H2,1H3,(H,17,19)(H,21,22)/t8?,11-/m1/s1. The Morgan fingerprint density at radius 1 is 1.41 bits per heavy atom. The first-order valence-electron chi connectivity index (χ1n) is 7.32. The molecule has 0 aromatic carbocycles. The molecule has 0 aliphatic carbocycles. The maximum Gasteiger partial charge on any atom is 0.402 e. The number of rotatable bonds is 7. The summed E-state index contributed by atoms with van der Waals surface area (Å²) in [4.78, 5) is 36.4. The molecule has 2 amide bonds. The molecule has 14 heteroatoms. The molecule has 2 N–H and O–H groups in total. The molecule has 2 atom stereocenters. The molecule has 9 nitrogen and oxygen atoms in total. The number of nitrogens with one attached hydrogen (secondary N) is 1. The van der Waals surface area contributed by atoms with Crippen molar-refractivity contribution < 1.29 is 45.8 Å². The first-order chi connectivity index (χ1) is 12.4. The van der Waals surface area contributed by atoms with Crippen LogP contribution in [0.5, 0.6) is 0 Å². The number of nitrogens with zero attached hydrogens (tertiary/aromatic N) is 1. The van der Waals surface area contributed by atoms with Gasteiger partial charge >= 0.3 is 12.1 Å². The number of thioether (sulfide) groups is 1. The number of β-lactam (4-membered cyclic amide) rings is 1. The molecule has 2 rings (SSSR count). The van der Waals surface area contributed by atoms with E-state index in [2.05, 4.69) is 5.32 Å². The zero-order valence-electron chi connectivity index (χ0n) is 13.8. The van der Waals surface area contributed by atoms with E-state index in [4.69, 9.17) is 4.74 Å². The number of aliphatic carboxylic acids is 1. The van der Waals surface area contributed by atoms with Crippen LogP contribution in [-0.2, 0) is 29.0 Å². The van der Waals surface area contributed by atoms with E-state index < -0.39 is 56.7 Å². The van der Waals surface area contributed by atoms with Crippen molar-refractivity contribution in [2.45, 2.75) is 17.6 Å². The first-order valence-corrected chi connectivity index (χ1v) is 10.2. The van der Waals surface area contributed by atoms with E-state index >= 15 is 0 Å². The zero-order chi connectivity index (χ0) is 20.6. The largest absolute Gasteiger partial charge is 0.477 e. The number of carbonyl (C=O) groups is 3. The fourth-order valence-electron chi connectivity index (χ4n) is 2.68. The number of hydrogen-bond donors (Lipinski definition) is 2. The Labute approximate surface area is 155 Å². The van der Waals surface area contributed by atoms with Gasteiger partial charge in [0.2, 0.25) is 5.91 Å². The van der Waals surface area contributed by atoms with Crippen molar-refractivity contribution in [1.82, 2.24) is 10.2 Å². The molecule has 0 saturated carbocycles. The lowest BCUT2D eigenvalue weighted by Gasteiger charge is -2.49. The van der Waals surface area contributed by atoms with E-state index in [1.54, 1.807) is 0 Å². The summed E-state index contributed by atoms with van der Waals surface area (Å²) in [5.74, 6) is -6.80. The van der Waals surface area contributed by atoms with E-state index in [1.165, 1.54) is 7.11 Å². The fraction of sp³-hybridized carbons (Fsp3) is 0.615. The summed E-state index contributed by atoms with van der Waals surface area (Å²) in [6.07, 6.45) is -4.99. The smallest absolute Gasteiger partial charge is 0.402 e. The quantitative estimate of drug-likeness (QED) is 0.508. The topological polar surface area (TPSA) is 130 Å². The highest BCUT2D eigenvalue weighted by Crippen LogP contribution is 2.40. The second kappa shape index (κ2) is 7.67. The minimum absolute atomic E-state index is 0.0160. The van der Waals surface area contributed by atoms with Gasteiger partial charge in [-0.25, -0.2) is 13.2 Å². The monoisotopic (exact) mass is 432 g/mol. The van der Waals surface area contributed by atoms with Crippen LogP contribution in [0.3, 0.4) is 0 Å². The second-order valence-corrected chi connectivity index (χ2v) is 8.96. The zero-order valence-corrected chi connectivity index (χ0v) is 15.4. The average molecular weight is 432 g/mol. The molecular formula is C13H15F3N2O7S2. The SMILES string of the molecule is COCC1=C(C(=O)O)N2C(=O)C(NC(=O)CS(=O)(=O)CC(F)(F)F)[C@H]2SC1. The molecule has 1 unspecified atom stereocenters. The van der Waals surface area contributed by atoms with Gasteiger partial charge in [0, 0.05) is 12.9 Å². The number of amides is 2. The number of ether oxygens (including phenoxy) is 1. The summed E-state index contributed by atoms with van der Waals surface area (Å²) in [5.41, 5.74) is 0.0814.